The van der Waals surface area contributed by atoms with E-state index in [4.69, 9.17) is 4.52 Å². The molecule has 0 aromatic carbocycles. The van der Waals surface area contributed by atoms with E-state index in [1.807, 2.05) is 19.9 Å². The van der Waals surface area contributed by atoms with E-state index in [0.717, 1.165) is 17.7 Å². The predicted octanol–water partition coefficient (Wildman–Crippen LogP) is 3.05. The molecule has 0 radical (unpaired) electrons. The molecule has 0 unspecified atom stereocenters. The number of nitrogens with one attached hydrogen (secondary N) is 1. The molecule has 3 rings (SSSR count). The number of aromatic nitrogens is 2. The second-order valence-electron chi connectivity index (χ2n) is 7.51. The van der Waals surface area contributed by atoms with Crippen molar-refractivity contribution in [2.24, 2.45) is 5.41 Å². The number of nitrogens with zero attached hydrogens (tertiary/aromatic N) is 2. The first-order valence-electron chi connectivity index (χ1n) is 8.10. The lowest BCUT2D eigenvalue weighted by Crippen LogP contribution is -2.27. The molecule has 2 aromatic rings. The van der Waals surface area contributed by atoms with Crippen LogP contribution in [-0.4, -0.2) is 33.8 Å². The Kier molecular flexibility index (Phi) is 3.86. The van der Waals surface area contributed by atoms with Gasteiger partial charge in [0, 0.05) is 30.8 Å². The molecule has 0 bridgehead atoms. The zero-order chi connectivity index (χ0) is 17.6. The van der Waals surface area contributed by atoms with Crippen molar-refractivity contribution in [3.05, 3.63) is 40.0 Å². The minimum absolute atomic E-state index is 0.0775. The summed E-state index contributed by atoms with van der Waals surface area (Å²) in [7, 11) is 1.72. The molecule has 0 saturated carbocycles. The number of amides is 1. The summed E-state index contributed by atoms with van der Waals surface area (Å²) >= 11 is 0. The fraction of sp³-hybridized carbons (Fsp3) is 0.500. The zero-order valence-electron chi connectivity index (χ0n) is 14.8. The number of hydrogen-bond donors (Lipinski definition) is 1. The molecule has 128 valence electrons. The summed E-state index contributed by atoms with van der Waals surface area (Å²) in [4.78, 5) is 30.0. The quantitative estimate of drug-likeness (QED) is 0.938. The van der Waals surface area contributed by atoms with Crippen molar-refractivity contribution >= 4 is 11.7 Å². The minimum atomic E-state index is -0.145. The fourth-order valence-electron chi connectivity index (χ4n) is 3.44. The van der Waals surface area contributed by atoms with Gasteiger partial charge in [-0.1, -0.05) is 19.0 Å². The second kappa shape index (κ2) is 5.61. The molecular weight excluding hydrogens is 306 g/mol. The lowest BCUT2D eigenvalue weighted by atomic mass is 9.75. The number of aromatic amines is 1. The molecule has 0 saturated heterocycles. The van der Waals surface area contributed by atoms with Crippen LogP contribution < -0.4 is 0 Å². The molecule has 1 aliphatic rings. The number of carbonyl (C=O) groups excluding carboxylic acids is 2. The van der Waals surface area contributed by atoms with Crippen LogP contribution in [0.3, 0.4) is 0 Å². The molecule has 2 heterocycles. The number of carbonyl (C=O) groups is 2. The van der Waals surface area contributed by atoms with Gasteiger partial charge >= 0.3 is 0 Å². The van der Waals surface area contributed by atoms with E-state index in [-0.39, 0.29) is 17.1 Å². The molecule has 1 N–H and O–H groups in total. The zero-order valence-corrected chi connectivity index (χ0v) is 14.8. The Bertz CT molecular complexity index is 814. The highest BCUT2D eigenvalue weighted by molar-refractivity contribution is 6.04. The molecule has 1 aliphatic carbocycles. The van der Waals surface area contributed by atoms with Crippen LogP contribution in [0.2, 0.25) is 0 Å². The lowest BCUT2D eigenvalue weighted by Gasteiger charge is -2.28. The van der Waals surface area contributed by atoms with Crippen molar-refractivity contribution in [2.45, 2.75) is 47.1 Å². The van der Waals surface area contributed by atoms with E-state index in [1.165, 1.54) is 0 Å². The first-order chi connectivity index (χ1) is 11.2. The molecule has 0 spiro atoms. The van der Waals surface area contributed by atoms with Crippen molar-refractivity contribution in [3.8, 4) is 0 Å². The van der Waals surface area contributed by atoms with Crippen LogP contribution in [0.25, 0.3) is 0 Å². The van der Waals surface area contributed by atoms with E-state index in [2.05, 4.69) is 24.0 Å². The van der Waals surface area contributed by atoms with E-state index in [0.29, 0.717) is 35.7 Å². The summed E-state index contributed by atoms with van der Waals surface area (Å²) in [5.41, 5.74) is 3.44. The van der Waals surface area contributed by atoms with Crippen LogP contribution in [-0.2, 0) is 13.0 Å². The van der Waals surface area contributed by atoms with Gasteiger partial charge in [0.15, 0.2) is 5.78 Å². The maximum Gasteiger partial charge on any atom is 0.270 e. The summed E-state index contributed by atoms with van der Waals surface area (Å²) in [6.07, 6.45) is 1.29. The van der Waals surface area contributed by atoms with Gasteiger partial charge in [-0.15, -0.1) is 0 Å². The normalized spacial score (nSPS) is 16.1. The van der Waals surface area contributed by atoms with Gasteiger partial charge in [0.2, 0.25) is 0 Å². The van der Waals surface area contributed by atoms with Crippen LogP contribution in [0.4, 0.5) is 0 Å². The summed E-state index contributed by atoms with van der Waals surface area (Å²) < 4.78 is 5.04. The third-order valence-electron chi connectivity index (χ3n) is 4.54. The highest BCUT2D eigenvalue weighted by Gasteiger charge is 2.35. The Hall–Kier alpha value is -2.37. The minimum Gasteiger partial charge on any atom is -0.361 e. The predicted molar refractivity (Wildman–Crippen MR) is 89.0 cm³/mol. The number of H-pyrrole nitrogens is 1. The topological polar surface area (TPSA) is 79.2 Å². The van der Waals surface area contributed by atoms with E-state index >= 15 is 0 Å². The molecule has 6 heteroatoms. The van der Waals surface area contributed by atoms with Crippen LogP contribution in [0.15, 0.2) is 10.6 Å². The van der Waals surface area contributed by atoms with Crippen molar-refractivity contribution in [2.75, 3.05) is 7.05 Å². The van der Waals surface area contributed by atoms with Gasteiger partial charge in [-0.2, -0.15) is 0 Å². The van der Waals surface area contributed by atoms with Gasteiger partial charge in [0.05, 0.1) is 6.54 Å². The van der Waals surface area contributed by atoms with Gasteiger partial charge in [-0.05, 0) is 31.2 Å². The number of fused-ring (bicyclic) bond motifs is 1. The van der Waals surface area contributed by atoms with E-state index in [1.54, 1.807) is 11.9 Å². The number of hydrogen-bond acceptors (Lipinski definition) is 4. The maximum atomic E-state index is 12.8. The van der Waals surface area contributed by atoms with Crippen LogP contribution in [0.1, 0.15) is 63.8 Å². The summed E-state index contributed by atoms with van der Waals surface area (Å²) in [5.74, 6) is 0.683. The average Bonchev–Trinajstić information content (AvgIpc) is 3.00. The van der Waals surface area contributed by atoms with Crippen molar-refractivity contribution in [1.82, 2.24) is 15.0 Å². The Balaban J connectivity index is 1.87. The Morgan fingerprint density at radius 1 is 1.38 bits per heavy atom. The van der Waals surface area contributed by atoms with Crippen molar-refractivity contribution in [3.63, 3.8) is 0 Å². The smallest absolute Gasteiger partial charge is 0.270 e. The average molecular weight is 329 g/mol. The van der Waals surface area contributed by atoms with Crippen LogP contribution in [0, 0.1) is 19.3 Å². The number of ketones is 1. The highest BCUT2D eigenvalue weighted by atomic mass is 16.5. The van der Waals surface area contributed by atoms with Gasteiger partial charge in [0.1, 0.15) is 17.1 Å². The SMILES string of the molecule is Cc1cc(CN(C)C(=O)c2[nH]c3c(c2C)C(=O)CC(C)(C)C3)no1. The molecule has 0 atom stereocenters. The van der Waals surface area contributed by atoms with Gasteiger partial charge < -0.3 is 14.4 Å². The molecule has 0 aliphatic heterocycles. The Morgan fingerprint density at radius 2 is 2.08 bits per heavy atom. The number of Topliss-reactive ketones (excluding diaryl/α,β-unsaturated/α-hetero) is 1. The first kappa shape index (κ1) is 16.5. The summed E-state index contributed by atoms with van der Waals surface area (Å²) in [6, 6.07) is 1.81. The fourth-order valence-corrected chi connectivity index (χ4v) is 3.44. The second-order valence-corrected chi connectivity index (χ2v) is 7.51. The van der Waals surface area contributed by atoms with Gasteiger partial charge in [-0.3, -0.25) is 9.59 Å². The summed E-state index contributed by atoms with van der Waals surface area (Å²) in [6.45, 7) is 8.16. The van der Waals surface area contributed by atoms with Gasteiger partial charge in [-0.25, -0.2) is 0 Å². The third-order valence-corrected chi connectivity index (χ3v) is 4.54. The third kappa shape index (κ3) is 2.88. The monoisotopic (exact) mass is 329 g/mol. The standard InChI is InChI=1S/C18H23N3O3/c1-10-6-12(20-24-10)9-21(5)17(23)16-11(2)15-13(19-16)7-18(3,4)8-14(15)22/h6,19H,7-9H2,1-5H3. The van der Waals surface area contributed by atoms with Crippen LogP contribution >= 0.6 is 0 Å². The molecule has 2 aromatic heterocycles. The van der Waals surface area contributed by atoms with E-state index in [9.17, 15) is 9.59 Å². The molecule has 0 fully saturated rings. The van der Waals surface area contributed by atoms with Gasteiger partial charge in [0.25, 0.3) is 5.91 Å². The lowest BCUT2D eigenvalue weighted by molar-refractivity contribution is 0.0775. The molecule has 6 nitrogen and oxygen atoms in total. The Labute approximate surface area is 141 Å². The molecular formula is C18H23N3O3. The molecule has 24 heavy (non-hydrogen) atoms. The first-order valence-corrected chi connectivity index (χ1v) is 8.10. The summed E-state index contributed by atoms with van der Waals surface area (Å²) in [5, 5.41) is 3.92. The molecule has 1 amide bonds. The van der Waals surface area contributed by atoms with Crippen molar-refractivity contribution in [1.29, 1.82) is 0 Å². The number of aryl methyl sites for hydroxylation is 1. The van der Waals surface area contributed by atoms with Crippen LogP contribution in [0.5, 0.6) is 0 Å². The van der Waals surface area contributed by atoms with E-state index < -0.39 is 0 Å². The highest BCUT2D eigenvalue weighted by Crippen LogP contribution is 2.36. The van der Waals surface area contributed by atoms with Crippen molar-refractivity contribution < 1.29 is 14.1 Å². The largest absolute Gasteiger partial charge is 0.361 e. The number of rotatable bonds is 3. The Morgan fingerprint density at radius 3 is 2.71 bits per heavy atom. The maximum absolute atomic E-state index is 12.8.